The predicted octanol–water partition coefficient (Wildman–Crippen LogP) is 3.18. The fraction of sp³-hybridized carbons (Fsp3) is 0.600. The van der Waals surface area contributed by atoms with Gasteiger partial charge in [0.1, 0.15) is 0 Å². The number of likely N-dealkylation sites (tertiary alicyclic amines) is 1. The second-order valence-corrected chi connectivity index (χ2v) is 6.77. The lowest BCUT2D eigenvalue weighted by molar-refractivity contribution is 0.239. The van der Waals surface area contributed by atoms with Crippen LogP contribution in [0, 0.1) is 11.8 Å². The van der Waals surface area contributed by atoms with E-state index in [9.17, 15) is 0 Å². The molecule has 1 aromatic rings. The zero-order valence-corrected chi connectivity index (χ0v) is 12.4. The molecule has 0 radical (unpaired) electrons. The van der Waals surface area contributed by atoms with E-state index in [0.29, 0.717) is 12.1 Å². The van der Waals surface area contributed by atoms with Crippen molar-refractivity contribution >= 4 is 15.9 Å². The molecule has 1 saturated carbocycles. The highest BCUT2D eigenvalue weighted by atomic mass is 79.9. The highest BCUT2D eigenvalue weighted by Crippen LogP contribution is 2.40. The van der Waals surface area contributed by atoms with Gasteiger partial charge in [-0.2, -0.15) is 0 Å². The maximum Gasteiger partial charge on any atom is 0.0320 e. The molecule has 0 aromatic heterocycles. The van der Waals surface area contributed by atoms with E-state index in [1.807, 2.05) is 0 Å². The van der Waals surface area contributed by atoms with Gasteiger partial charge in [0.15, 0.2) is 0 Å². The summed E-state index contributed by atoms with van der Waals surface area (Å²) in [5.74, 6) is 1.58. The summed E-state index contributed by atoms with van der Waals surface area (Å²) in [5.41, 5.74) is 7.61. The average molecular weight is 309 g/mol. The van der Waals surface area contributed by atoms with Gasteiger partial charge in [0.05, 0.1) is 0 Å². The number of fused-ring (bicyclic) bond motifs is 1. The van der Waals surface area contributed by atoms with E-state index in [2.05, 4.69) is 52.0 Å². The van der Waals surface area contributed by atoms with E-state index in [-0.39, 0.29) is 0 Å². The second kappa shape index (κ2) is 4.95. The first-order valence-corrected chi connectivity index (χ1v) is 7.69. The summed E-state index contributed by atoms with van der Waals surface area (Å²) in [4.78, 5) is 2.61. The highest BCUT2D eigenvalue weighted by molar-refractivity contribution is 9.10. The Balaban J connectivity index is 1.73. The molecule has 4 atom stereocenters. The van der Waals surface area contributed by atoms with Gasteiger partial charge in [-0.15, -0.1) is 0 Å². The van der Waals surface area contributed by atoms with Crippen LogP contribution in [0.3, 0.4) is 0 Å². The number of halogens is 1. The third-order valence-corrected chi connectivity index (χ3v) is 5.31. The molecule has 2 N–H and O–H groups in total. The van der Waals surface area contributed by atoms with E-state index in [0.717, 1.165) is 11.8 Å². The number of rotatable bonds is 2. The van der Waals surface area contributed by atoms with Crippen molar-refractivity contribution in [2.24, 2.45) is 17.6 Å². The van der Waals surface area contributed by atoms with Crippen LogP contribution >= 0.6 is 15.9 Å². The lowest BCUT2D eigenvalue weighted by Gasteiger charge is -2.26. The van der Waals surface area contributed by atoms with Crippen molar-refractivity contribution in [3.05, 3.63) is 34.3 Å². The number of hydrogen-bond acceptors (Lipinski definition) is 2. The van der Waals surface area contributed by atoms with E-state index < -0.39 is 0 Å². The summed E-state index contributed by atoms with van der Waals surface area (Å²) < 4.78 is 1.17. The van der Waals surface area contributed by atoms with Crippen LogP contribution in [0.4, 0.5) is 0 Å². The molecule has 1 aromatic carbocycles. The standard InChI is InChI=1S/C15H21BrN2/c1-10(11-3-2-4-13(16)7-11)18-8-12-5-6-15(17)14(12)9-18/h2-4,7,10,12,14-15H,5-6,8-9,17H2,1H3. The summed E-state index contributed by atoms with van der Waals surface area (Å²) in [6, 6.07) is 9.61. The molecule has 0 spiro atoms. The average Bonchev–Trinajstić information content (AvgIpc) is 2.91. The molecule has 4 unspecified atom stereocenters. The molecular formula is C15H21BrN2. The Morgan fingerprint density at radius 3 is 2.89 bits per heavy atom. The van der Waals surface area contributed by atoms with E-state index in [4.69, 9.17) is 5.73 Å². The monoisotopic (exact) mass is 308 g/mol. The molecular weight excluding hydrogens is 288 g/mol. The molecule has 98 valence electrons. The fourth-order valence-electron chi connectivity index (χ4n) is 3.64. The zero-order valence-electron chi connectivity index (χ0n) is 10.8. The van der Waals surface area contributed by atoms with Crippen molar-refractivity contribution in [1.82, 2.24) is 4.90 Å². The number of nitrogens with zero attached hydrogens (tertiary/aromatic N) is 1. The largest absolute Gasteiger partial charge is 0.327 e. The lowest BCUT2D eigenvalue weighted by Crippen LogP contribution is -2.31. The van der Waals surface area contributed by atoms with Crippen LogP contribution in [0.25, 0.3) is 0 Å². The fourth-order valence-corrected chi connectivity index (χ4v) is 4.05. The van der Waals surface area contributed by atoms with Crippen LogP contribution in [0.15, 0.2) is 28.7 Å². The second-order valence-electron chi connectivity index (χ2n) is 5.85. The van der Waals surface area contributed by atoms with Gasteiger partial charge in [0, 0.05) is 29.6 Å². The summed E-state index contributed by atoms with van der Waals surface area (Å²) in [6.07, 6.45) is 2.56. The van der Waals surface area contributed by atoms with Gasteiger partial charge in [-0.3, -0.25) is 4.90 Å². The molecule has 2 fully saturated rings. The molecule has 1 aliphatic carbocycles. The van der Waals surface area contributed by atoms with Gasteiger partial charge in [0.2, 0.25) is 0 Å². The lowest BCUT2D eigenvalue weighted by atomic mass is 9.98. The van der Waals surface area contributed by atoms with Crippen LogP contribution in [0.1, 0.15) is 31.4 Å². The first-order chi connectivity index (χ1) is 8.65. The molecule has 3 heteroatoms. The Morgan fingerprint density at radius 2 is 2.17 bits per heavy atom. The summed E-state index contributed by atoms with van der Waals surface area (Å²) >= 11 is 3.56. The third-order valence-electron chi connectivity index (χ3n) is 4.82. The SMILES string of the molecule is CC(c1cccc(Br)c1)N1CC2CCC(N)C2C1. The minimum atomic E-state index is 0.440. The number of hydrogen-bond donors (Lipinski definition) is 1. The summed E-state index contributed by atoms with van der Waals surface area (Å²) in [5, 5.41) is 0. The maximum absolute atomic E-state index is 6.21. The Morgan fingerprint density at radius 1 is 1.33 bits per heavy atom. The van der Waals surface area contributed by atoms with Gasteiger partial charge in [-0.1, -0.05) is 28.1 Å². The van der Waals surface area contributed by atoms with Gasteiger partial charge < -0.3 is 5.73 Å². The number of benzene rings is 1. The van der Waals surface area contributed by atoms with E-state index in [1.54, 1.807) is 0 Å². The molecule has 18 heavy (non-hydrogen) atoms. The predicted molar refractivity (Wildman–Crippen MR) is 78.3 cm³/mol. The normalized spacial score (nSPS) is 33.6. The van der Waals surface area contributed by atoms with Gasteiger partial charge >= 0.3 is 0 Å². The Hall–Kier alpha value is -0.380. The van der Waals surface area contributed by atoms with Crippen LogP contribution in [0.5, 0.6) is 0 Å². The third kappa shape index (κ3) is 2.24. The smallest absolute Gasteiger partial charge is 0.0320 e. The minimum absolute atomic E-state index is 0.440. The first-order valence-electron chi connectivity index (χ1n) is 6.90. The highest BCUT2D eigenvalue weighted by Gasteiger charge is 2.42. The van der Waals surface area contributed by atoms with E-state index >= 15 is 0 Å². The van der Waals surface area contributed by atoms with Crippen molar-refractivity contribution in [2.75, 3.05) is 13.1 Å². The maximum atomic E-state index is 6.21. The number of nitrogens with two attached hydrogens (primary N) is 1. The summed E-state index contributed by atoms with van der Waals surface area (Å²) in [7, 11) is 0. The quantitative estimate of drug-likeness (QED) is 0.909. The van der Waals surface area contributed by atoms with Gasteiger partial charge in [0.25, 0.3) is 0 Å². The van der Waals surface area contributed by atoms with Crippen molar-refractivity contribution in [3.63, 3.8) is 0 Å². The minimum Gasteiger partial charge on any atom is -0.327 e. The summed E-state index contributed by atoms with van der Waals surface area (Å²) in [6.45, 7) is 4.72. The van der Waals surface area contributed by atoms with Crippen LogP contribution in [-0.4, -0.2) is 24.0 Å². The Bertz CT molecular complexity index is 434. The molecule has 3 rings (SSSR count). The van der Waals surface area contributed by atoms with Crippen LogP contribution in [0.2, 0.25) is 0 Å². The van der Waals surface area contributed by atoms with Crippen molar-refractivity contribution in [3.8, 4) is 0 Å². The van der Waals surface area contributed by atoms with Gasteiger partial charge in [-0.05, 0) is 49.3 Å². The Labute approximate surface area is 118 Å². The first kappa shape index (κ1) is 12.6. The van der Waals surface area contributed by atoms with Crippen LogP contribution in [-0.2, 0) is 0 Å². The molecule has 0 amide bonds. The van der Waals surface area contributed by atoms with Crippen LogP contribution < -0.4 is 5.73 Å². The topological polar surface area (TPSA) is 29.3 Å². The van der Waals surface area contributed by atoms with E-state index in [1.165, 1.54) is 36.0 Å². The molecule has 2 nitrogen and oxygen atoms in total. The molecule has 1 heterocycles. The molecule has 2 aliphatic rings. The van der Waals surface area contributed by atoms with Crippen molar-refractivity contribution in [2.45, 2.75) is 31.8 Å². The molecule has 0 bridgehead atoms. The Kier molecular flexibility index (Phi) is 3.48. The zero-order chi connectivity index (χ0) is 12.7. The molecule has 1 aliphatic heterocycles. The van der Waals surface area contributed by atoms with Crippen molar-refractivity contribution in [1.29, 1.82) is 0 Å². The molecule has 1 saturated heterocycles. The van der Waals surface area contributed by atoms with Crippen molar-refractivity contribution < 1.29 is 0 Å². The van der Waals surface area contributed by atoms with Gasteiger partial charge in [-0.25, -0.2) is 0 Å².